The van der Waals surface area contributed by atoms with Gasteiger partial charge in [0.15, 0.2) is 11.5 Å². The topological polar surface area (TPSA) is 72.5 Å². The van der Waals surface area contributed by atoms with E-state index in [9.17, 15) is 4.79 Å². The van der Waals surface area contributed by atoms with Gasteiger partial charge in [0.25, 0.3) is 5.91 Å². The maximum atomic E-state index is 12.4. The van der Waals surface area contributed by atoms with E-state index in [4.69, 9.17) is 21.1 Å². The van der Waals surface area contributed by atoms with E-state index in [0.29, 0.717) is 35.4 Å². The summed E-state index contributed by atoms with van der Waals surface area (Å²) < 4.78 is 11.1. The second kappa shape index (κ2) is 7.78. The van der Waals surface area contributed by atoms with Crippen LogP contribution < -0.4 is 20.1 Å². The summed E-state index contributed by atoms with van der Waals surface area (Å²) in [6, 6.07) is 14.5. The Bertz CT molecular complexity index is 1020. The van der Waals surface area contributed by atoms with E-state index in [2.05, 4.69) is 15.6 Å². The molecule has 1 aliphatic rings. The number of amides is 1. The van der Waals surface area contributed by atoms with Gasteiger partial charge in [-0.1, -0.05) is 17.7 Å². The van der Waals surface area contributed by atoms with Crippen LogP contribution in [0.2, 0.25) is 5.02 Å². The van der Waals surface area contributed by atoms with Crippen molar-refractivity contribution in [2.45, 2.75) is 6.92 Å². The molecule has 4 rings (SSSR count). The van der Waals surface area contributed by atoms with Crippen molar-refractivity contribution in [3.63, 3.8) is 0 Å². The van der Waals surface area contributed by atoms with E-state index in [0.717, 1.165) is 22.7 Å². The molecular weight excluding hydrogens is 378 g/mol. The van der Waals surface area contributed by atoms with Crippen molar-refractivity contribution >= 4 is 34.6 Å². The molecular formula is C21H18ClN3O3. The summed E-state index contributed by atoms with van der Waals surface area (Å²) in [6.45, 7) is 2.95. The number of hydrogen-bond acceptors (Lipinski definition) is 5. The van der Waals surface area contributed by atoms with Gasteiger partial charge in [-0.3, -0.25) is 4.79 Å². The number of ether oxygens (including phenoxy) is 2. The molecule has 1 amide bonds. The van der Waals surface area contributed by atoms with Gasteiger partial charge in [0, 0.05) is 22.5 Å². The van der Waals surface area contributed by atoms with Crippen LogP contribution in [0.5, 0.6) is 11.5 Å². The largest absolute Gasteiger partial charge is 0.486 e. The third-order valence-electron chi connectivity index (χ3n) is 4.34. The highest BCUT2D eigenvalue weighted by atomic mass is 35.5. The second-order valence-electron chi connectivity index (χ2n) is 6.28. The summed E-state index contributed by atoms with van der Waals surface area (Å²) in [5.74, 6) is 1.14. The first-order chi connectivity index (χ1) is 13.6. The maximum absolute atomic E-state index is 12.4. The fourth-order valence-corrected chi connectivity index (χ4v) is 2.99. The molecule has 0 atom stereocenters. The van der Waals surface area contributed by atoms with Crippen LogP contribution in [0, 0.1) is 6.92 Å². The summed E-state index contributed by atoms with van der Waals surface area (Å²) >= 11 is 6.09. The Hall–Kier alpha value is -3.25. The predicted octanol–water partition coefficient (Wildman–Crippen LogP) is 4.81. The Labute approximate surface area is 167 Å². The van der Waals surface area contributed by atoms with Crippen molar-refractivity contribution in [3.05, 3.63) is 71.0 Å². The van der Waals surface area contributed by atoms with E-state index >= 15 is 0 Å². The zero-order valence-electron chi connectivity index (χ0n) is 15.2. The number of pyridine rings is 1. The lowest BCUT2D eigenvalue weighted by molar-refractivity contribution is 0.102. The Morgan fingerprint density at radius 1 is 1.04 bits per heavy atom. The molecule has 1 aliphatic heterocycles. The number of fused-ring (bicyclic) bond motifs is 1. The van der Waals surface area contributed by atoms with Crippen molar-refractivity contribution in [2.75, 3.05) is 23.8 Å². The molecule has 2 heterocycles. The maximum Gasteiger partial charge on any atom is 0.274 e. The van der Waals surface area contributed by atoms with Gasteiger partial charge in [-0.15, -0.1) is 0 Å². The zero-order chi connectivity index (χ0) is 19.5. The Balaban J connectivity index is 1.45. The first-order valence-corrected chi connectivity index (χ1v) is 9.17. The van der Waals surface area contributed by atoms with Gasteiger partial charge in [-0.05, 0) is 48.9 Å². The van der Waals surface area contributed by atoms with Gasteiger partial charge >= 0.3 is 0 Å². The van der Waals surface area contributed by atoms with Crippen molar-refractivity contribution in [2.24, 2.45) is 0 Å². The van der Waals surface area contributed by atoms with Crippen LogP contribution >= 0.6 is 11.6 Å². The van der Waals surface area contributed by atoms with Crippen LogP contribution in [0.4, 0.5) is 17.1 Å². The highest BCUT2D eigenvalue weighted by Gasteiger charge is 2.13. The van der Waals surface area contributed by atoms with Crippen molar-refractivity contribution in [3.8, 4) is 11.5 Å². The highest BCUT2D eigenvalue weighted by Crippen LogP contribution is 2.33. The van der Waals surface area contributed by atoms with Gasteiger partial charge in [0.2, 0.25) is 0 Å². The SMILES string of the molecule is Cc1c(Cl)cccc1NC(=O)c1ccc(Nc2ccc3c(c2)OCCO3)cn1. The van der Waals surface area contributed by atoms with Crippen LogP contribution in [-0.4, -0.2) is 24.1 Å². The average Bonchev–Trinajstić information content (AvgIpc) is 2.72. The van der Waals surface area contributed by atoms with Gasteiger partial charge < -0.3 is 20.1 Å². The summed E-state index contributed by atoms with van der Waals surface area (Å²) in [5.41, 5.74) is 3.39. The molecule has 7 heteroatoms. The summed E-state index contributed by atoms with van der Waals surface area (Å²) in [6.07, 6.45) is 1.61. The molecule has 0 saturated carbocycles. The van der Waals surface area contributed by atoms with E-state index in [-0.39, 0.29) is 5.91 Å². The van der Waals surface area contributed by atoms with Crippen LogP contribution in [0.3, 0.4) is 0 Å². The van der Waals surface area contributed by atoms with Gasteiger partial charge in [-0.25, -0.2) is 4.98 Å². The second-order valence-corrected chi connectivity index (χ2v) is 6.69. The lowest BCUT2D eigenvalue weighted by Crippen LogP contribution is -2.15. The quantitative estimate of drug-likeness (QED) is 0.663. The normalized spacial score (nSPS) is 12.4. The van der Waals surface area contributed by atoms with Crippen molar-refractivity contribution in [1.29, 1.82) is 0 Å². The van der Waals surface area contributed by atoms with Gasteiger partial charge in [-0.2, -0.15) is 0 Å². The number of carbonyl (C=O) groups excluding carboxylic acids is 1. The highest BCUT2D eigenvalue weighted by molar-refractivity contribution is 6.31. The number of aromatic nitrogens is 1. The Kier molecular flexibility index (Phi) is 5.04. The summed E-state index contributed by atoms with van der Waals surface area (Å²) in [4.78, 5) is 16.7. The minimum Gasteiger partial charge on any atom is -0.486 e. The Morgan fingerprint density at radius 2 is 1.82 bits per heavy atom. The van der Waals surface area contributed by atoms with Crippen LogP contribution in [0.1, 0.15) is 16.1 Å². The van der Waals surface area contributed by atoms with Crippen molar-refractivity contribution < 1.29 is 14.3 Å². The van der Waals surface area contributed by atoms with E-state index in [1.165, 1.54) is 0 Å². The number of nitrogens with one attached hydrogen (secondary N) is 2. The summed E-state index contributed by atoms with van der Waals surface area (Å²) in [7, 11) is 0. The lowest BCUT2D eigenvalue weighted by atomic mass is 10.2. The predicted molar refractivity (Wildman–Crippen MR) is 109 cm³/mol. The van der Waals surface area contributed by atoms with Crippen LogP contribution in [0.15, 0.2) is 54.7 Å². The molecule has 2 aromatic carbocycles. The van der Waals surface area contributed by atoms with Gasteiger partial charge in [0.05, 0.1) is 11.9 Å². The third-order valence-corrected chi connectivity index (χ3v) is 4.75. The molecule has 0 unspecified atom stereocenters. The number of anilines is 3. The fourth-order valence-electron chi connectivity index (χ4n) is 2.82. The standard InChI is InChI=1S/C21H18ClN3O3/c1-13-16(22)3-2-4-17(13)25-21(26)18-7-5-15(12-23-18)24-14-6-8-19-20(11-14)28-10-9-27-19/h2-8,11-12,24H,9-10H2,1H3,(H,25,26). The number of benzene rings is 2. The molecule has 0 fully saturated rings. The molecule has 0 aliphatic carbocycles. The van der Waals surface area contributed by atoms with Gasteiger partial charge in [0.1, 0.15) is 18.9 Å². The molecule has 0 bridgehead atoms. The van der Waals surface area contributed by atoms with Crippen molar-refractivity contribution in [1.82, 2.24) is 4.98 Å². The average molecular weight is 396 g/mol. The number of hydrogen-bond donors (Lipinski definition) is 2. The molecule has 0 radical (unpaired) electrons. The number of carbonyl (C=O) groups is 1. The summed E-state index contributed by atoms with van der Waals surface area (Å²) in [5, 5.41) is 6.67. The van der Waals surface area contributed by atoms with E-state index in [1.807, 2.05) is 25.1 Å². The lowest BCUT2D eigenvalue weighted by Gasteiger charge is -2.19. The van der Waals surface area contributed by atoms with E-state index in [1.54, 1.807) is 36.5 Å². The monoisotopic (exact) mass is 395 g/mol. The molecule has 0 spiro atoms. The first kappa shape index (κ1) is 18.1. The van der Waals surface area contributed by atoms with Crippen LogP contribution in [-0.2, 0) is 0 Å². The minimum atomic E-state index is -0.295. The molecule has 1 aromatic heterocycles. The molecule has 142 valence electrons. The molecule has 28 heavy (non-hydrogen) atoms. The molecule has 3 aromatic rings. The number of nitrogens with zero attached hydrogens (tertiary/aromatic N) is 1. The molecule has 6 nitrogen and oxygen atoms in total. The number of halogens is 1. The zero-order valence-corrected chi connectivity index (χ0v) is 15.9. The fraction of sp³-hybridized carbons (Fsp3) is 0.143. The van der Waals surface area contributed by atoms with E-state index < -0.39 is 0 Å². The smallest absolute Gasteiger partial charge is 0.274 e. The van der Waals surface area contributed by atoms with Crippen LogP contribution in [0.25, 0.3) is 0 Å². The molecule has 2 N–H and O–H groups in total. The minimum absolute atomic E-state index is 0.295. The number of rotatable bonds is 4. The Morgan fingerprint density at radius 3 is 2.61 bits per heavy atom. The molecule has 0 saturated heterocycles. The third kappa shape index (κ3) is 3.87. The first-order valence-electron chi connectivity index (χ1n) is 8.79.